The van der Waals surface area contributed by atoms with Gasteiger partial charge in [-0.1, -0.05) is 20.8 Å². The molecular formula is C19H28N2O5S. The Morgan fingerprint density at radius 1 is 1.22 bits per heavy atom. The summed E-state index contributed by atoms with van der Waals surface area (Å²) in [4.78, 5) is 14.8. The van der Waals surface area contributed by atoms with Crippen molar-refractivity contribution in [3.8, 4) is 11.5 Å². The first kappa shape index (κ1) is 19.9. The van der Waals surface area contributed by atoms with Crippen LogP contribution in [0.2, 0.25) is 0 Å². The van der Waals surface area contributed by atoms with Crippen LogP contribution in [0.25, 0.3) is 0 Å². The van der Waals surface area contributed by atoms with Gasteiger partial charge >= 0.3 is 0 Å². The van der Waals surface area contributed by atoms with Gasteiger partial charge in [0, 0.05) is 19.2 Å². The minimum absolute atomic E-state index is 0.0669. The number of likely N-dealkylation sites (tertiary alicyclic amines) is 1. The summed E-state index contributed by atoms with van der Waals surface area (Å²) in [7, 11) is -3.87. The summed E-state index contributed by atoms with van der Waals surface area (Å²) in [6, 6.07) is 3.71. The van der Waals surface area contributed by atoms with E-state index in [-0.39, 0.29) is 16.7 Å². The van der Waals surface area contributed by atoms with Crippen LogP contribution in [-0.2, 0) is 14.8 Å². The lowest BCUT2D eigenvalue weighted by Crippen LogP contribution is -2.53. The van der Waals surface area contributed by atoms with Crippen LogP contribution in [0.3, 0.4) is 0 Å². The second-order valence-corrected chi connectivity index (χ2v) is 9.39. The summed E-state index contributed by atoms with van der Waals surface area (Å²) in [5.74, 6) is 1.05. The highest BCUT2D eigenvalue weighted by atomic mass is 32.2. The fourth-order valence-electron chi connectivity index (χ4n) is 3.48. The van der Waals surface area contributed by atoms with Gasteiger partial charge in [-0.2, -0.15) is 4.72 Å². The number of hydrogen-bond donors (Lipinski definition) is 1. The molecule has 0 unspecified atom stereocenters. The number of benzene rings is 1. The summed E-state index contributed by atoms with van der Waals surface area (Å²) in [5, 5.41) is 0. The average molecular weight is 397 g/mol. The van der Waals surface area contributed by atoms with E-state index >= 15 is 0 Å². The second kappa shape index (κ2) is 8.06. The SMILES string of the molecule is CC(C)[C@H](NS(=O)(=O)c1ccc2c(c1)OCCO2)C(=O)N1CCC[C@@H](C)C1. The highest BCUT2D eigenvalue weighted by Crippen LogP contribution is 2.32. The Balaban J connectivity index is 1.79. The van der Waals surface area contributed by atoms with Gasteiger partial charge in [0.2, 0.25) is 15.9 Å². The van der Waals surface area contributed by atoms with Gasteiger partial charge in [0.15, 0.2) is 11.5 Å². The Morgan fingerprint density at radius 2 is 1.93 bits per heavy atom. The predicted octanol–water partition coefficient (Wildman–Crippen LogP) is 2.02. The van der Waals surface area contributed by atoms with Crippen LogP contribution in [-0.4, -0.2) is 51.6 Å². The molecule has 2 atom stereocenters. The quantitative estimate of drug-likeness (QED) is 0.823. The maximum Gasteiger partial charge on any atom is 0.241 e. The molecule has 1 aromatic carbocycles. The number of piperidine rings is 1. The lowest BCUT2D eigenvalue weighted by Gasteiger charge is -2.34. The van der Waals surface area contributed by atoms with Crippen molar-refractivity contribution >= 4 is 15.9 Å². The molecule has 0 aromatic heterocycles. The Bertz CT molecular complexity index is 793. The fraction of sp³-hybridized carbons (Fsp3) is 0.632. The largest absolute Gasteiger partial charge is 0.486 e. The lowest BCUT2D eigenvalue weighted by atomic mass is 9.97. The Labute approximate surface area is 161 Å². The Morgan fingerprint density at radius 3 is 2.59 bits per heavy atom. The number of nitrogens with zero attached hydrogens (tertiary/aromatic N) is 1. The first-order valence-electron chi connectivity index (χ1n) is 9.48. The maximum atomic E-state index is 13.0. The van der Waals surface area contributed by atoms with Gasteiger partial charge in [-0.25, -0.2) is 8.42 Å². The minimum Gasteiger partial charge on any atom is -0.486 e. The molecule has 27 heavy (non-hydrogen) atoms. The first-order valence-corrected chi connectivity index (χ1v) is 11.0. The molecule has 2 aliphatic rings. The van der Waals surface area contributed by atoms with Crippen molar-refractivity contribution in [3.63, 3.8) is 0 Å². The monoisotopic (exact) mass is 396 g/mol. The van der Waals surface area contributed by atoms with Crippen LogP contribution < -0.4 is 14.2 Å². The summed E-state index contributed by atoms with van der Waals surface area (Å²) in [6.45, 7) is 7.99. The van der Waals surface area contributed by atoms with Gasteiger partial charge in [0.05, 0.1) is 4.90 Å². The Hall–Kier alpha value is -1.80. The van der Waals surface area contributed by atoms with Crippen molar-refractivity contribution < 1.29 is 22.7 Å². The number of carbonyl (C=O) groups is 1. The van der Waals surface area contributed by atoms with E-state index in [1.54, 1.807) is 11.0 Å². The summed E-state index contributed by atoms with van der Waals surface area (Å²) in [6.07, 6.45) is 2.05. The average Bonchev–Trinajstić information content (AvgIpc) is 2.65. The van der Waals surface area contributed by atoms with Gasteiger partial charge in [-0.05, 0) is 36.8 Å². The summed E-state index contributed by atoms with van der Waals surface area (Å²) < 4.78 is 39.3. The standard InChI is InChI=1S/C19H28N2O5S/c1-13(2)18(19(22)21-8-4-5-14(3)12-21)20-27(23,24)15-6-7-16-17(11-15)26-10-9-25-16/h6-7,11,13-14,18,20H,4-5,8-10,12H2,1-3H3/t14-,18+/m1/s1. The van der Waals surface area contributed by atoms with Gasteiger partial charge in [0.25, 0.3) is 0 Å². The van der Waals surface area contributed by atoms with Crippen molar-refractivity contribution in [2.24, 2.45) is 11.8 Å². The van der Waals surface area contributed by atoms with Crippen LogP contribution in [0.1, 0.15) is 33.6 Å². The van der Waals surface area contributed by atoms with Crippen molar-refractivity contribution in [2.45, 2.75) is 44.6 Å². The normalized spacial score (nSPS) is 21.2. The minimum atomic E-state index is -3.87. The molecule has 2 aliphatic heterocycles. The third-order valence-electron chi connectivity index (χ3n) is 5.01. The number of nitrogens with one attached hydrogen (secondary N) is 1. The van der Waals surface area contributed by atoms with E-state index in [0.717, 1.165) is 12.8 Å². The van der Waals surface area contributed by atoms with E-state index in [0.29, 0.717) is 43.7 Å². The first-order chi connectivity index (χ1) is 12.8. The van der Waals surface area contributed by atoms with Gasteiger partial charge < -0.3 is 14.4 Å². The van der Waals surface area contributed by atoms with Crippen molar-refractivity contribution in [1.82, 2.24) is 9.62 Å². The summed E-state index contributed by atoms with van der Waals surface area (Å²) in [5.41, 5.74) is 0. The van der Waals surface area contributed by atoms with Crippen LogP contribution in [0.15, 0.2) is 23.1 Å². The van der Waals surface area contributed by atoms with Gasteiger partial charge in [-0.3, -0.25) is 4.79 Å². The zero-order valence-corrected chi connectivity index (χ0v) is 16.9. The molecule has 0 bridgehead atoms. The van der Waals surface area contributed by atoms with E-state index in [2.05, 4.69) is 11.6 Å². The maximum absolute atomic E-state index is 13.0. The van der Waals surface area contributed by atoms with Crippen LogP contribution in [0.4, 0.5) is 0 Å². The van der Waals surface area contributed by atoms with Crippen molar-refractivity contribution in [2.75, 3.05) is 26.3 Å². The molecule has 0 aliphatic carbocycles. The fourth-order valence-corrected chi connectivity index (χ4v) is 4.84. The zero-order chi connectivity index (χ0) is 19.6. The number of sulfonamides is 1. The third-order valence-corrected chi connectivity index (χ3v) is 6.45. The smallest absolute Gasteiger partial charge is 0.241 e. The van der Waals surface area contributed by atoms with Crippen molar-refractivity contribution in [1.29, 1.82) is 0 Å². The van der Waals surface area contributed by atoms with Crippen LogP contribution in [0.5, 0.6) is 11.5 Å². The zero-order valence-electron chi connectivity index (χ0n) is 16.1. The molecule has 1 saturated heterocycles. The van der Waals surface area contributed by atoms with Crippen LogP contribution >= 0.6 is 0 Å². The summed E-state index contributed by atoms with van der Waals surface area (Å²) >= 11 is 0. The number of hydrogen-bond acceptors (Lipinski definition) is 5. The Kier molecular flexibility index (Phi) is 5.95. The molecule has 2 heterocycles. The highest BCUT2D eigenvalue weighted by molar-refractivity contribution is 7.89. The molecule has 1 fully saturated rings. The molecule has 0 saturated carbocycles. The number of rotatable bonds is 5. The highest BCUT2D eigenvalue weighted by Gasteiger charge is 2.33. The molecule has 8 heteroatoms. The van der Waals surface area contributed by atoms with Crippen molar-refractivity contribution in [3.05, 3.63) is 18.2 Å². The molecular weight excluding hydrogens is 368 g/mol. The van der Waals surface area contributed by atoms with E-state index in [1.807, 2.05) is 13.8 Å². The number of amides is 1. The predicted molar refractivity (Wildman–Crippen MR) is 101 cm³/mol. The number of ether oxygens (including phenoxy) is 2. The molecule has 7 nitrogen and oxygen atoms in total. The van der Waals surface area contributed by atoms with E-state index in [9.17, 15) is 13.2 Å². The van der Waals surface area contributed by atoms with E-state index in [4.69, 9.17) is 9.47 Å². The molecule has 1 amide bonds. The molecule has 1 aromatic rings. The molecule has 0 spiro atoms. The van der Waals surface area contributed by atoms with E-state index in [1.165, 1.54) is 12.1 Å². The number of fused-ring (bicyclic) bond motifs is 1. The van der Waals surface area contributed by atoms with Gasteiger partial charge in [0.1, 0.15) is 19.3 Å². The van der Waals surface area contributed by atoms with Crippen LogP contribution in [0, 0.1) is 11.8 Å². The van der Waals surface area contributed by atoms with E-state index < -0.39 is 16.1 Å². The molecule has 3 rings (SSSR count). The van der Waals surface area contributed by atoms with Gasteiger partial charge in [-0.15, -0.1) is 0 Å². The molecule has 150 valence electrons. The third kappa shape index (κ3) is 4.55. The topological polar surface area (TPSA) is 84.9 Å². The molecule has 0 radical (unpaired) electrons. The second-order valence-electron chi connectivity index (χ2n) is 7.68. The number of carbonyl (C=O) groups excluding carboxylic acids is 1. The molecule has 1 N–H and O–H groups in total. The lowest BCUT2D eigenvalue weighted by molar-refractivity contribution is -0.135.